The van der Waals surface area contributed by atoms with E-state index in [0.717, 1.165) is 17.4 Å². The quantitative estimate of drug-likeness (QED) is 0.753. The number of halogens is 2. The van der Waals surface area contributed by atoms with Gasteiger partial charge in [-0.2, -0.15) is 0 Å². The maximum Gasteiger partial charge on any atom is 0.347 e. The highest BCUT2D eigenvalue weighted by molar-refractivity contribution is 7.17. The van der Waals surface area contributed by atoms with Gasteiger partial charge in [-0.25, -0.2) is 18.6 Å². The second-order valence-corrected chi connectivity index (χ2v) is 6.01. The molecule has 0 fully saturated rings. The number of benzene rings is 2. The summed E-state index contributed by atoms with van der Waals surface area (Å²) in [5, 5.41) is 10.4. The minimum Gasteiger partial charge on any atom is -0.477 e. The molecule has 0 saturated carbocycles. The number of aromatic nitrogens is 1. The topological polar surface area (TPSA) is 50.2 Å². The maximum absolute atomic E-state index is 14.0. The molecule has 0 saturated heterocycles. The predicted octanol–water partition coefficient (Wildman–Crippen LogP) is 4.56. The summed E-state index contributed by atoms with van der Waals surface area (Å²) in [6.07, 6.45) is 0. The molecule has 1 N–H and O–H groups in total. The molecule has 3 nitrogen and oxygen atoms in total. The first-order valence-corrected chi connectivity index (χ1v) is 7.29. The molecule has 0 spiro atoms. The number of carboxylic acid groups (broad SMARTS) is 1. The van der Waals surface area contributed by atoms with Crippen molar-refractivity contribution in [3.63, 3.8) is 0 Å². The van der Waals surface area contributed by atoms with Crippen molar-refractivity contribution < 1.29 is 18.7 Å². The van der Waals surface area contributed by atoms with Gasteiger partial charge in [0, 0.05) is 17.0 Å². The molecule has 112 valence electrons. The molecule has 0 aliphatic carbocycles. The van der Waals surface area contributed by atoms with Crippen LogP contribution in [0.15, 0.2) is 24.3 Å². The van der Waals surface area contributed by atoms with Gasteiger partial charge in [0.05, 0.1) is 5.69 Å². The average Bonchev–Trinajstić information content (AvgIpc) is 2.82. The van der Waals surface area contributed by atoms with E-state index in [9.17, 15) is 13.6 Å². The lowest BCUT2D eigenvalue weighted by atomic mass is 10.0. The van der Waals surface area contributed by atoms with Gasteiger partial charge in [0.15, 0.2) is 0 Å². The minimum atomic E-state index is -1.04. The van der Waals surface area contributed by atoms with Crippen LogP contribution in [0.1, 0.15) is 20.9 Å². The van der Waals surface area contributed by atoms with Crippen molar-refractivity contribution >= 4 is 28.1 Å². The average molecular weight is 319 g/mol. The van der Waals surface area contributed by atoms with Gasteiger partial charge in [0.2, 0.25) is 0 Å². The number of aromatic carboxylic acids is 1. The van der Waals surface area contributed by atoms with Crippen molar-refractivity contribution in [2.24, 2.45) is 0 Å². The smallest absolute Gasteiger partial charge is 0.347 e. The molecule has 3 rings (SSSR count). The van der Waals surface area contributed by atoms with Crippen molar-refractivity contribution in [2.75, 3.05) is 0 Å². The monoisotopic (exact) mass is 319 g/mol. The molecular formula is C16H11F2NO2S. The fourth-order valence-corrected chi connectivity index (χ4v) is 3.30. The molecule has 3 aromatic rings. The van der Waals surface area contributed by atoms with E-state index in [-0.39, 0.29) is 4.88 Å². The summed E-state index contributed by atoms with van der Waals surface area (Å²) in [5.41, 5.74) is 1.75. The fraction of sp³-hybridized carbons (Fsp3) is 0.125. The van der Waals surface area contributed by atoms with Crippen LogP contribution in [-0.2, 0) is 0 Å². The van der Waals surface area contributed by atoms with Crippen LogP contribution < -0.4 is 0 Å². The van der Waals surface area contributed by atoms with Gasteiger partial charge in [-0.05, 0) is 43.0 Å². The van der Waals surface area contributed by atoms with Crippen LogP contribution in [0.2, 0.25) is 0 Å². The molecule has 0 aliphatic heterocycles. The lowest BCUT2D eigenvalue weighted by molar-refractivity contribution is 0.0701. The Morgan fingerprint density at radius 3 is 2.50 bits per heavy atom. The molecule has 2 aromatic carbocycles. The standard InChI is InChI=1S/C16H11F2NO2S/c1-7-3-9(15-19-8(2)14(22-15)16(20)21)4-12-11(7)5-10(17)6-13(12)18/h3-6H,1-2H3,(H,20,21). The van der Waals surface area contributed by atoms with Crippen molar-refractivity contribution in [2.45, 2.75) is 13.8 Å². The van der Waals surface area contributed by atoms with Crippen molar-refractivity contribution in [1.29, 1.82) is 0 Å². The van der Waals surface area contributed by atoms with Gasteiger partial charge >= 0.3 is 5.97 Å². The second kappa shape index (κ2) is 5.14. The molecule has 0 unspecified atom stereocenters. The number of nitrogens with zero attached hydrogens (tertiary/aromatic N) is 1. The summed E-state index contributed by atoms with van der Waals surface area (Å²) >= 11 is 1.04. The van der Waals surface area contributed by atoms with E-state index in [1.807, 2.05) is 0 Å². The second-order valence-electron chi connectivity index (χ2n) is 5.01. The zero-order valence-corrected chi connectivity index (χ0v) is 12.6. The first kappa shape index (κ1) is 14.6. The molecule has 22 heavy (non-hydrogen) atoms. The molecule has 0 aliphatic rings. The molecule has 0 amide bonds. The van der Waals surface area contributed by atoms with E-state index in [1.165, 1.54) is 6.07 Å². The van der Waals surface area contributed by atoms with Crippen LogP contribution in [0, 0.1) is 25.5 Å². The Labute approximate surface area is 128 Å². The number of aryl methyl sites for hydroxylation is 2. The summed E-state index contributed by atoms with van der Waals surface area (Å²) in [6.45, 7) is 3.37. The molecular weight excluding hydrogens is 308 g/mol. The summed E-state index contributed by atoms with van der Waals surface area (Å²) < 4.78 is 27.3. The Hall–Kier alpha value is -2.34. The number of hydrogen-bond donors (Lipinski definition) is 1. The molecule has 1 heterocycles. The van der Waals surface area contributed by atoms with Crippen LogP contribution in [-0.4, -0.2) is 16.1 Å². The number of fused-ring (bicyclic) bond motifs is 1. The summed E-state index contributed by atoms with van der Waals surface area (Å²) in [7, 11) is 0. The Bertz CT molecular complexity index is 918. The molecule has 1 aromatic heterocycles. The van der Waals surface area contributed by atoms with Gasteiger partial charge in [0.25, 0.3) is 0 Å². The van der Waals surface area contributed by atoms with E-state index in [2.05, 4.69) is 4.98 Å². The lowest BCUT2D eigenvalue weighted by Gasteiger charge is -2.07. The Kier molecular flexibility index (Phi) is 3.41. The fourth-order valence-electron chi connectivity index (χ4n) is 2.41. The minimum absolute atomic E-state index is 0.160. The summed E-state index contributed by atoms with van der Waals surface area (Å²) in [6, 6.07) is 5.45. The number of thiazole rings is 1. The van der Waals surface area contributed by atoms with Gasteiger partial charge in [-0.1, -0.05) is 0 Å². The molecule has 0 radical (unpaired) electrons. The number of carboxylic acids is 1. The number of rotatable bonds is 2. The van der Waals surface area contributed by atoms with Crippen LogP contribution in [0.5, 0.6) is 0 Å². The van der Waals surface area contributed by atoms with Crippen LogP contribution in [0.4, 0.5) is 8.78 Å². The Morgan fingerprint density at radius 2 is 1.86 bits per heavy atom. The third-order valence-corrected chi connectivity index (χ3v) is 4.62. The highest BCUT2D eigenvalue weighted by Gasteiger charge is 2.16. The number of hydrogen-bond acceptors (Lipinski definition) is 3. The van der Waals surface area contributed by atoms with Gasteiger partial charge in [0.1, 0.15) is 21.5 Å². The Balaban J connectivity index is 2.24. The van der Waals surface area contributed by atoms with E-state index in [0.29, 0.717) is 32.6 Å². The van der Waals surface area contributed by atoms with Crippen LogP contribution in [0.3, 0.4) is 0 Å². The zero-order chi connectivity index (χ0) is 16.0. The largest absolute Gasteiger partial charge is 0.477 e. The van der Waals surface area contributed by atoms with E-state index in [4.69, 9.17) is 5.11 Å². The third kappa shape index (κ3) is 2.35. The van der Waals surface area contributed by atoms with Crippen molar-refractivity contribution in [3.05, 3.63) is 52.0 Å². The lowest BCUT2D eigenvalue weighted by Crippen LogP contribution is -1.94. The third-order valence-electron chi connectivity index (χ3n) is 3.43. The zero-order valence-electron chi connectivity index (χ0n) is 11.8. The highest BCUT2D eigenvalue weighted by Crippen LogP contribution is 2.33. The van der Waals surface area contributed by atoms with Crippen LogP contribution in [0.25, 0.3) is 21.3 Å². The normalized spacial score (nSPS) is 11.1. The first-order valence-electron chi connectivity index (χ1n) is 6.47. The predicted molar refractivity (Wildman–Crippen MR) is 81.4 cm³/mol. The highest BCUT2D eigenvalue weighted by atomic mass is 32.1. The van der Waals surface area contributed by atoms with Crippen molar-refractivity contribution in [1.82, 2.24) is 4.98 Å². The maximum atomic E-state index is 14.0. The Morgan fingerprint density at radius 1 is 1.14 bits per heavy atom. The van der Waals surface area contributed by atoms with Gasteiger partial charge in [-0.15, -0.1) is 11.3 Å². The van der Waals surface area contributed by atoms with Gasteiger partial charge in [-0.3, -0.25) is 0 Å². The van der Waals surface area contributed by atoms with Gasteiger partial charge < -0.3 is 5.11 Å². The van der Waals surface area contributed by atoms with Crippen molar-refractivity contribution in [3.8, 4) is 10.6 Å². The van der Waals surface area contributed by atoms with Crippen LogP contribution >= 0.6 is 11.3 Å². The SMILES string of the molecule is Cc1nc(-c2cc(C)c3cc(F)cc(F)c3c2)sc1C(=O)O. The summed E-state index contributed by atoms with van der Waals surface area (Å²) in [5.74, 6) is -2.31. The summed E-state index contributed by atoms with van der Waals surface area (Å²) in [4.78, 5) is 15.5. The molecule has 6 heteroatoms. The van der Waals surface area contributed by atoms with E-state index < -0.39 is 17.6 Å². The molecule has 0 atom stereocenters. The number of carbonyl (C=O) groups is 1. The van der Waals surface area contributed by atoms with E-state index >= 15 is 0 Å². The van der Waals surface area contributed by atoms with E-state index in [1.54, 1.807) is 26.0 Å². The first-order chi connectivity index (χ1) is 10.4. The molecule has 0 bridgehead atoms.